The van der Waals surface area contributed by atoms with Crippen molar-refractivity contribution in [3.8, 4) is 0 Å². The summed E-state index contributed by atoms with van der Waals surface area (Å²) in [6, 6.07) is 9.87. The molecular formula is C15H23NO3. The zero-order chi connectivity index (χ0) is 14.1. The maximum Gasteiger partial charge on any atom is 0.314 e. The summed E-state index contributed by atoms with van der Waals surface area (Å²) in [6.07, 6.45) is 0. The first kappa shape index (κ1) is 15.7. The van der Waals surface area contributed by atoms with E-state index in [1.54, 1.807) is 0 Å². The second kappa shape index (κ2) is 8.67. The topological polar surface area (TPSA) is 47.6 Å². The van der Waals surface area contributed by atoms with Gasteiger partial charge in [-0.3, -0.25) is 4.79 Å². The fourth-order valence-corrected chi connectivity index (χ4v) is 1.84. The van der Waals surface area contributed by atoms with Gasteiger partial charge in [-0.1, -0.05) is 30.3 Å². The Hall–Kier alpha value is -1.39. The summed E-state index contributed by atoms with van der Waals surface area (Å²) >= 11 is 0. The van der Waals surface area contributed by atoms with Crippen LogP contribution in [0.2, 0.25) is 0 Å². The smallest absolute Gasteiger partial charge is 0.314 e. The van der Waals surface area contributed by atoms with E-state index in [-0.39, 0.29) is 17.9 Å². The number of ether oxygens (including phenoxy) is 2. The lowest BCUT2D eigenvalue weighted by Gasteiger charge is -2.19. The van der Waals surface area contributed by atoms with Crippen molar-refractivity contribution in [2.45, 2.75) is 25.8 Å². The highest BCUT2D eigenvalue weighted by Gasteiger charge is 2.21. The number of carbonyl (C=O) groups excluding carboxylic acids is 1. The minimum atomic E-state index is -0.282. The number of esters is 1. The number of hydrogen-bond acceptors (Lipinski definition) is 4. The fourth-order valence-electron chi connectivity index (χ4n) is 1.84. The first-order valence-corrected chi connectivity index (χ1v) is 6.63. The third-order valence-corrected chi connectivity index (χ3v) is 2.93. The van der Waals surface area contributed by atoms with Crippen LogP contribution in [0.5, 0.6) is 0 Å². The zero-order valence-corrected chi connectivity index (χ0v) is 11.9. The number of carbonyl (C=O) groups is 1. The van der Waals surface area contributed by atoms with Gasteiger partial charge in [0.05, 0.1) is 19.6 Å². The van der Waals surface area contributed by atoms with Crippen LogP contribution in [-0.4, -0.2) is 38.9 Å². The average molecular weight is 265 g/mol. The summed E-state index contributed by atoms with van der Waals surface area (Å²) in [4.78, 5) is 11.8. The Labute approximate surface area is 115 Å². The van der Waals surface area contributed by atoms with Gasteiger partial charge < -0.3 is 14.8 Å². The summed E-state index contributed by atoms with van der Waals surface area (Å²) < 4.78 is 10.2. The number of nitrogens with one attached hydrogen (secondary N) is 1. The second-order valence-corrected chi connectivity index (χ2v) is 4.46. The van der Waals surface area contributed by atoms with Crippen molar-refractivity contribution in [3.63, 3.8) is 0 Å². The van der Waals surface area contributed by atoms with Gasteiger partial charge >= 0.3 is 5.97 Å². The summed E-state index contributed by atoms with van der Waals surface area (Å²) in [5.41, 5.74) is 0.963. The molecule has 0 saturated heterocycles. The van der Waals surface area contributed by atoms with E-state index in [1.165, 1.54) is 7.11 Å². The van der Waals surface area contributed by atoms with E-state index in [0.29, 0.717) is 19.8 Å². The molecule has 0 saturated carbocycles. The predicted molar refractivity (Wildman–Crippen MR) is 75.2 cm³/mol. The van der Waals surface area contributed by atoms with Gasteiger partial charge in [-0.25, -0.2) is 0 Å². The number of rotatable bonds is 8. The molecule has 0 aliphatic rings. The largest absolute Gasteiger partial charge is 0.469 e. The maximum absolute atomic E-state index is 11.8. The van der Waals surface area contributed by atoms with Gasteiger partial charge in [0.1, 0.15) is 0 Å². The Kier molecular flexibility index (Phi) is 7.15. The monoisotopic (exact) mass is 265 g/mol. The van der Waals surface area contributed by atoms with Crippen molar-refractivity contribution >= 4 is 5.97 Å². The van der Waals surface area contributed by atoms with Gasteiger partial charge in [-0.15, -0.1) is 0 Å². The van der Waals surface area contributed by atoms with Gasteiger partial charge in [-0.2, -0.15) is 0 Å². The summed E-state index contributed by atoms with van der Waals surface area (Å²) in [6.45, 7) is 5.89. The van der Waals surface area contributed by atoms with Gasteiger partial charge in [0.25, 0.3) is 0 Å². The molecule has 0 fully saturated rings. The average Bonchev–Trinajstić information content (AvgIpc) is 2.46. The Bertz CT molecular complexity index is 367. The SMILES string of the molecule is CCOCC(C)NCC(C(=O)OC)c1ccccc1. The van der Waals surface area contributed by atoms with Crippen LogP contribution in [0.25, 0.3) is 0 Å². The normalized spacial score (nSPS) is 13.8. The van der Waals surface area contributed by atoms with Crippen LogP contribution < -0.4 is 5.32 Å². The molecule has 19 heavy (non-hydrogen) atoms. The van der Waals surface area contributed by atoms with E-state index in [4.69, 9.17) is 9.47 Å². The first-order valence-electron chi connectivity index (χ1n) is 6.63. The molecule has 0 aliphatic carbocycles. The Balaban J connectivity index is 2.59. The highest BCUT2D eigenvalue weighted by molar-refractivity contribution is 5.78. The molecule has 4 nitrogen and oxygen atoms in total. The molecule has 2 unspecified atom stereocenters. The third-order valence-electron chi connectivity index (χ3n) is 2.93. The molecule has 106 valence electrons. The van der Waals surface area contributed by atoms with Crippen molar-refractivity contribution in [1.29, 1.82) is 0 Å². The molecule has 0 aromatic heterocycles. The van der Waals surface area contributed by atoms with Gasteiger partial charge in [-0.05, 0) is 19.4 Å². The maximum atomic E-state index is 11.8. The highest BCUT2D eigenvalue weighted by atomic mass is 16.5. The molecule has 0 aliphatic heterocycles. The van der Waals surface area contributed by atoms with Crippen LogP contribution in [0.4, 0.5) is 0 Å². The molecule has 1 N–H and O–H groups in total. The van der Waals surface area contributed by atoms with E-state index in [9.17, 15) is 4.79 Å². The molecule has 0 amide bonds. The van der Waals surface area contributed by atoms with Crippen LogP contribution in [0.15, 0.2) is 30.3 Å². The van der Waals surface area contributed by atoms with Crippen molar-refractivity contribution < 1.29 is 14.3 Å². The molecule has 4 heteroatoms. The molecule has 0 bridgehead atoms. The predicted octanol–water partition coefficient (Wildman–Crippen LogP) is 1.96. The van der Waals surface area contributed by atoms with Crippen LogP contribution in [0.3, 0.4) is 0 Å². The Morgan fingerprint density at radius 2 is 2.00 bits per heavy atom. The Morgan fingerprint density at radius 1 is 1.32 bits per heavy atom. The fraction of sp³-hybridized carbons (Fsp3) is 0.533. The van der Waals surface area contributed by atoms with Gasteiger partial charge in [0, 0.05) is 19.2 Å². The summed E-state index contributed by atoms with van der Waals surface area (Å²) in [7, 11) is 1.42. The lowest BCUT2D eigenvalue weighted by atomic mass is 9.99. The van der Waals surface area contributed by atoms with Crippen LogP contribution in [-0.2, 0) is 14.3 Å². The lowest BCUT2D eigenvalue weighted by Crippen LogP contribution is -2.36. The highest BCUT2D eigenvalue weighted by Crippen LogP contribution is 2.16. The molecule has 0 radical (unpaired) electrons. The molecule has 1 aromatic rings. The summed E-state index contributed by atoms with van der Waals surface area (Å²) in [5.74, 6) is -0.502. The van der Waals surface area contributed by atoms with Crippen LogP contribution in [0.1, 0.15) is 25.3 Å². The first-order chi connectivity index (χ1) is 9.19. The zero-order valence-electron chi connectivity index (χ0n) is 11.9. The van der Waals surface area contributed by atoms with E-state index in [2.05, 4.69) is 5.32 Å². The summed E-state index contributed by atoms with van der Waals surface area (Å²) in [5, 5.41) is 3.31. The van der Waals surface area contributed by atoms with E-state index >= 15 is 0 Å². The van der Waals surface area contributed by atoms with E-state index in [0.717, 1.165) is 5.56 Å². The van der Waals surface area contributed by atoms with Gasteiger partial charge in [0.2, 0.25) is 0 Å². The molecule has 0 heterocycles. The van der Waals surface area contributed by atoms with Gasteiger partial charge in [0.15, 0.2) is 0 Å². The van der Waals surface area contributed by atoms with Crippen molar-refractivity contribution in [3.05, 3.63) is 35.9 Å². The van der Waals surface area contributed by atoms with Crippen molar-refractivity contribution in [2.24, 2.45) is 0 Å². The molecule has 1 aromatic carbocycles. The Morgan fingerprint density at radius 3 is 2.58 bits per heavy atom. The van der Waals surface area contributed by atoms with Crippen LogP contribution >= 0.6 is 0 Å². The van der Waals surface area contributed by atoms with Crippen molar-refractivity contribution in [2.75, 3.05) is 26.9 Å². The molecule has 2 atom stereocenters. The third kappa shape index (κ3) is 5.41. The molecule has 0 spiro atoms. The van der Waals surface area contributed by atoms with Crippen molar-refractivity contribution in [1.82, 2.24) is 5.32 Å². The number of methoxy groups -OCH3 is 1. The van der Waals surface area contributed by atoms with E-state index in [1.807, 2.05) is 44.2 Å². The number of hydrogen-bond donors (Lipinski definition) is 1. The minimum Gasteiger partial charge on any atom is -0.469 e. The quantitative estimate of drug-likeness (QED) is 0.730. The van der Waals surface area contributed by atoms with Crippen LogP contribution in [0, 0.1) is 0 Å². The molecule has 1 rings (SSSR count). The van der Waals surface area contributed by atoms with E-state index < -0.39 is 0 Å². The molecular weight excluding hydrogens is 242 g/mol. The standard InChI is InChI=1S/C15H23NO3/c1-4-19-11-12(2)16-10-14(15(17)18-3)13-8-6-5-7-9-13/h5-9,12,14,16H,4,10-11H2,1-3H3. The number of benzene rings is 1. The lowest BCUT2D eigenvalue weighted by molar-refractivity contribution is -0.142. The second-order valence-electron chi connectivity index (χ2n) is 4.46. The minimum absolute atomic E-state index is 0.204.